The number of carbonyl (C=O) groups is 2. The number of ether oxygens (including phenoxy) is 2. The molecule has 6 heteroatoms. The number of benzene rings is 1. The first-order valence-corrected chi connectivity index (χ1v) is 8.21. The predicted molar refractivity (Wildman–Crippen MR) is 92.1 cm³/mol. The Kier molecular flexibility index (Phi) is 5.70. The van der Waals surface area contributed by atoms with Gasteiger partial charge in [0.05, 0.1) is 7.11 Å². The van der Waals surface area contributed by atoms with Crippen molar-refractivity contribution < 1.29 is 19.1 Å². The van der Waals surface area contributed by atoms with Crippen molar-refractivity contribution >= 4 is 17.7 Å². The van der Waals surface area contributed by atoms with Crippen LogP contribution < -0.4 is 10.6 Å². The van der Waals surface area contributed by atoms with E-state index in [2.05, 4.69) is 16.7 Å². The highest BCUT2D eigenvalue weighted by atomic mass is 16.6. The van der Waals surface area contributed by atoms with E-state index in [1.54, 1.807) is 20.8 Å². The van der Waals surface area contributed by atoms with E-state index in [0.29, 0.717) is 6.42 Å². The molecule has 24 heavy (non-hydrogen) atoms. The summed E-state index contributed by atoms with van der Waals surface area (Å²) in [5, 5.41) is 5.96. The van der Waals surface area contributed by atoms with Gasteiger partial charge in [-0.25, -0.2) is 9.59 Å². The fourth-order valence-electron chi connectivity index (χ4n) is 2.68. The fourth-order valence-corrected chi connectivity index (χ4v) is 2.68. The average Bonchev–Trinajstić information content (AvgIpc) is 2.51. The molecule has 1 aromatic carbocycles. The molecule has 0 saturated carbocycles. The molecule has 1 unspecified atom stereocenters. The smallest absolute Gasteiger partial charge is 0.408 e. The van der Waals surface area contributed by atoms with Crippen LogP contribution >= 0.6 is 0 Å². The Morgan fingerprint density at radius 3 is 2.75 bits per heavy atom. The van der Waals surface area contributed by atoms with Crippen LogP contribution in [0.5, 0.6) is 0 Å². The third-order valence-corrected chi connectivity index (χ3v) is 3.72. The Hall–Kier alpha value is -2.24. The highest BCUT2D eigenvalue weighted by Crippen LogP contribution is 2.23. The Morgan fingerprint density at radius 1 is 1.33 bits per heavy atom. The van der Waals surface area contributed by atoms with E-state index < -0.39 is 23.7 Å². The molecule has 1 aliphatic rings. The maximum atomic E-state index is 12.0. The number of esters is 1. The first-order chi connectivity index (χ1) is 11.3. The Balaban J connectivity index is 2.08. The second kappa shape index (κ2) is 7.55. The number of carbonyl (C=O) groups excluding carboxylic acids is 2. The maximum Gasteiger partial charge on any atom is 0.408 e. The molecule has 0 saturated heterocycles. The summed E-state index contributed by atoms with van der Waals surface area (Å²) in [7, 11) is 1.31. The van der Waals surface area contributed by atoms with Crippen molar-refractivity contribution in [2.75, 3.05) is 19.0 Å². The number of hydrogen-bond donors (Lipinski definition) is 2. The molecule has 2 N–H and O–H groups in total. The summed E-state index contributed by atoms with van der Waals surface area (Å²) in [6.07, 6.45) is 1.84. The summed E-state index contributed by atoms with van der Waals surface area (Å²) >= 11 is 0. The van der Waals surface area contributed by atoms with Crippen LogP contribution in [0.25, 0.3) is 0 Å². The highest BCUT2D eigenvalue weighted by molar-refractivity contribution is 5.81. The number of rotatable bonds is 4. The number of fused-ring (bicyclic) bond motifs is 1. The van der Waals surface area contributed by atoms with Crippen LogP contribution in [0.3, 0.4) is 0 Å². The molecule has 0 bridgehead atoms. The fraction of sp³-hybridized carbons (Fsp3) is 0.556. The highest BCUT2D eigenvalue weighted by Gasteiger charge is 2.25. The SMILES string of the molecule is COC(=O)C(Cc1ccc2c(c1)CCCN2)NC(=O)OC(C)(C)C. The van der Waals surface area contributed by atoms with Gasteiger partial charge in [-0.1, -0.05) is 12.1 Å². The minimum atomic E-state index is -0.778. The van der Waals surface area contributed by atoms with Crippen molar-refractivity contribution in [1.82, 2.24) is 5.32 Å². The van der Waals surface area contributed by atoms with Crippen molar-refractivity contribution in [3.05, 3.63) is 29.3 Å². The molecule has 0 aliphatic carbocycles. The van der Waals surface area contributed by atoms with E-state index in [1.165, 1.54) is 12.7 Å². The number of aryl methyl sites for hydroxylation is 1. The van der Waals surface area contributed by atoms with Gasteiger partial charge in [-0.2, -0.15) is 0 Å². The molecular weight excluding hydrogens is 308 g/mol. The monoisotopic (exact) mass is 334 g/mol. The molecule has 1 aliphatic heterocycles. The zero-order valence-electron chi connectivity index (χ0n) is 14.8. The number of amides is 1. The molecule has 0 radical (unpaired) electrons. The predicted octanol–water partition coefficient (Wildman–Crippen LogP) is 2.65. The Bertz CT molecular complexity index is 608. The lowest BCUT2D eigenvalue weighted by Crippen LogP contribution is -2.45. The topological polar surface area (TPSA) is 76.7 Å². The molecule has 0 spiro atoms. The van der Waals surface area contributed by atoms with Crippen molar-refractivity contribution in [3.63, 3.8) is 0 Å². The molecule has 1 aromatic rings. The summed E-state index contributed by atoms with van der Waals surface area (Å²) in [5.74, 6) is -0.489. The number of hydrogen-bond acceptors (Lipinski definition) is 5. The van der Waals surface area contributed by atoms with Gasteiger partial charge in [-0.05, 0) is 50.8 Å². The van der Waals surface area contributed by atoms with Crippen LogP contribution in [0.1, 0.15) is 38.3 Å². The molecule has 132 valence electrons. The molecule has 6 nitrogen and oxygen atoms in total. The zero-order chi connectivity index (χ0) is 17.7. The number of anilines is 1. The molecule has 1 atom stereocenters. The van der Waals surface area contributed by atoms with E-state index in [9.17, 15) is 9.59 Å². The van der Waals surface area contributed by atoms with Crippen LogP contribution in [0.2, 0.25) is 0 Å². The maximum absolute atomic E-state index is 12.0. The molecule has 1 amide bonds. The summed E-state index contributed by atoms with van der Waals surface area (Å²) in [6, 6.07) is 5.28. The van der Waals surface area contributed by atoms with Gasteiger partial charge < -0.3 is 20.1 Å². The standard InChI is InChI=1S/C18H26N2O4/c1-18(2,3)24-17(22)20-15(16(21)23-4)11-12-7-8-14-13(10-12)6-5-9-19-14/h7-8,10,15,19H,5-6,9,11H2,1-4H3,(H,20,22). The lowest BCUT2D eigenvalue weighted by molar-refractivity contribution is -0.143. The van der Waals surface area contributed by atoms with Crippen molar-refractivity contribution in [1.29, 1.82) is 0 Å². The summed E-state index contributed by atoms with van der Waals surface area (Å²) in [4.78, 5) is 24.0. The van der Waals surface area contributed by atoms with E-state index in [4.69, 9.17) is 9.47 Å². The van der Waals surface area contributed by atoms with E-state index >= 15 is 0 Å². The van der Waals surface area contributed by atoms with Gasteiger partial charge in [0.15, 0.2) is 0 Å². The second-order valence-electron chi connectivity index (χ2n) is 6.95. The summed E-state index contributed by atoms with van der Waals surface area (Å²) < 4.78 is 10.0. The van der Waals surface area contributed by atoms with Gasteiger partial charge in [0.1, 0.15) is 11.6 Å². The van der Waals surface area contributed by atoms with Gasteiger partial charge in [-0.3, -0.25) is 0 Å². The summed E-state index contributed by atoms with van der Waals surface area (Å²) in [6.45, 7) is 6.31. The molecule has 0 aromatic heterocycles. The van der Waals surface area contributed by atoms with Crippen molar-refractivity contribution in [2.24, 2.45) is 0 Å². The number of methoxy groups -OCH3 is 1. The van der Waals surface area contributed by atoms with Gasteiger partial charge >= 0.3 is 12.1 Å². The van der Waals surface area contributed by atoms with Gasteiger partial charge in [0.2, 0.25) is 0 Å². The van der Waals surface area contributed by atoms with Crippen molar-refractivity contribution in [3.8, 4) is 0 Å². The first kappa shape index (κ1) is 18.1. The van der Waals surface area contributed by atoms with Crippen LogP contribution in [0, 0.1) is 0 Å². The van der Waals surface area contributed by atoms with E-state index in [1.807, 2.05) is 12.1 Å². The van der Waals surface area contributed by atoms with Crippen LogP contribution in [-0.2, 0) is 27.1 Å². The minimum Gasteiger partial charge on any atom is -0.467 e. The van der Waals surface area contributed by atoms with Crippen LogP contribution in [0.15, 0.2) is 18.2 Å². The van der Waals surface area contributed by atoms with E-state index in [-0.39, 0.29) is 0 Å². The second-order valence-corrected chi connectivity index (χ2v) is 6.95. The lowest BCUT2D eigenvalue weighted by atomic mass is 9.97. The zero-order valence-corrected chi connectivity index (χ0v) is 14.8. The first-order valence-electron chi connectivity index (χ1n) is 8.21. The largest absolute Gasteiger partial charge is 0.467 e. The Labute approximate surface area is 142 Å². The van der Waals surface area contributed by atoms with Crippen molar-refractivity contribution in [2.45, 2.75) is 51.7 Å². The molecule has 0 fully saturated rings. The number of nitrogens with one attached hydrogen (secondary N) is 2. The minimum absolute atomic E-state index is 0.360. The molecule has 2 rings (SSSR count). The average molecular weight is 334 g/mol. The Morgan fingerprint density at radius 2 is 2.08 bits per heavy atom. The van der Waals surface area contributed by atoms with E-state index in [0.717, 1.165) is 30.6 Å². The third-order valence-electron chi connectivity index (χ3n) is 3.72. The lowest BCUT2D eigenvalue weighted by Gasteiger charge is -2.23. The normalized spacial score (nSPS) is 14.8. The van der Waals surface area contributed by atoms with Gasteiger partial charge in [0.25, 0.3) is 0 Å². The van der Waals surface area contributed by atoms with Gasteiger partial charge in [-0.15, -0.1) is 0 Å². The molecule has 1 heterocycles. The van der Waals surface area contributed by atoms with Gasteiger partial charge in [0, 0.05) is 18.7 Å². The third kappa shape index (κ3) is 5.15. The quantitative estimate of drug-likeness (QED) is 0.828. The number of alkyl carbamates (subject to hydrolysis) is 1. The summed E-state index contributed by atoms with van der Waals surface area (Å²) in [5.41, 5.74) is 2.73. The van der Waals surface area contributed by atoms with Crippen LogP contribution in [-0.4, -0.2) is 37.4 Å². The van der Waals surface area contributed by atoms with Crippen LogP contribution in [0.4, 0.5) is 10.5 Å². The molecular formula is C18H26N2O4.